The summed E-state index contributed by atoms with van der Waals surface area (Å²) < 4.78 is 2.14. The van der Waals surface area contributed by atoms with Crippen LogP contribution >= 0.6 is 11.3 Å². The van der Waals surface area contributed by atoms with Crippen LogP contribution in [0.5, 0.6) is 0 Å². The molecule has 4 rings (SSSR count). The molecule has 0 atom stereocenters. The Morgan fingerprint density at radius 2 is 1.91 bits per heavy atom. The molecule has 4 aromatic rings. The van der Waals surface area contributed by atoms with E-state index in [0.717, 1.165) is 21.5 Å². The number of nitrogens with zero attached hydrogens (tertiary/aromatic N) is 4. The third kappa shape index (κ3) is 2.08. The molecule has 0 unspecified atom stereocenters. The third-order valence-electron chi connectivity index (χ3n) is 3.73. The van der Waals surface area contributed by atoms with Crippen molar-refractivity contribution in [3.05, 3.63) is 52.8 Å². The molecular formula is C16H13N5OS. The zero-order valence-electron chi connectivity index (χ0n) is 12.6. The van der Waals surface area contributed by atoms with Gasteiger partial charge in [0.2, 0.25) is 0 Å². The van der Waals surface area contributed by atoms with E-state index in [2.05, 4.69) is 20.3 Å². The summed E-state index contributed by atoms with van der Waals surface area (Å²) in [6.07, 6.45) is 3.05. The Morgan fingerprint density at radius 1 is 1.13 bits per heavy atom. The van der Waals surface area contributed by atoms with E-state index in [-0.39, 0.29) is 5.56 Å². The Hall–Kier alpha value is -2.80. The zero-order chi connectivity index (χ0) is 16.0. The molecule has 1 N–H and O–H groups in total. The normalized spacial score (nSPS) is 11.2. The van der Waals surface area contributed by atoms with E-state index in [4.69, 9.17) is 0 Å². The standard InChI is InChI=1S/C16H13N5OS/c1-9-3-5-10(6-4-9)21-8-20-12-11-14(17-2)18-7-19-15(11)23-13(12)16(21)22/h3-8H,1-2H3,(H,17,18,19). The van der Waals surface area contributed by atoms with Gasteiger partial charge in [-0.25, -0.2) is 15.0 Å². The van der Waals surface area contributed by atoms with Crippen molar-refractivity contribution in [2.75, 3.05) is 12.4 Å². The van der Waals surface area contributed by atoms with Gasteiger partial charge in [0.05, 0.1) is 11.1 Å². The fourth-order valence-corrected chi connectivity index (χ4v) is 3.57. The van der Waals surface area contributed by atoms with Crippen LogP contribution < -0.4 is 10.9 Å². The lowest BCUT2D eigenvalue weighted by atomic mass is 10.2. The van der Waals surface area contributed by atoms with Crippen molar-refractivity contribution < 1.29 is 0 Å². The predicted octanol–water partition coefficient (Wildman–Crippen LogP) is 2.74. The molecule has 1 aromatic carbocycles. The maximum atomic E-state index is 12.8. The second kappa shape index (κ2) is 5.13. The number of thiophene rings is 1. The van der Waals surface area contributed by atoms with Crippen molar-refractivity contribution in [2.45, 2.75) is 6.92 Å². The number of aryl methyl sites for hydroxylation is 1. The average Bonchev–Trinajstić information content (AvgIpc) is 2.96. The van der Waals surface area contributed by atoms with E-state index in [1.807, 2.05) is 31.2 Å². The second-order valence-electron chi connectivity index (χ2n) is 5.19. The van der Waals surface area contributed by atoms with E-state index in [1.54, 1.807) is 17.9 Å². The lowest BCUT2D eigenvalue weighted by molar-refractivity contribution is 0.966. The summed E-state index contributed by atoms with van der Waals surface area (Å²) in [6, 6.07) is 7.77. The number of nitrogens with one attached hydrogen (secondary N) is 1. The minimum absolute atomic E-state index is 0.0936. The van der Waals surface area contributed by atoms with Gasteiger partial charge in [0.15, 0.2) is 0 Å². The summed E-state index contributed by atoms with van der Waals surface area (Å²) in [6.45, 7) is 2.01. The fourth-order valence-electron chi connectivity index (χ4n) is 2.54. The largest absolute Gasteiger partial charge is 0.372 e. The van der Waals surface area contributed by atoms with Gasteiger partial charge in [-0.1, -0.05) is 17.7 Å². The summed E-state index contributed by atoms with van der Waals surface area (Å²) in [4.78, 5) is 26.6. The van der Waals surface area contributed by atoms with Gasteiger partial charge in [-0.05, 0) is 19.1 Å². The molecule has 6 nitrogen and oxygen atoms in total. The predicted molar refractivity (Wildman–Crippen MR) is 92.6 cm³/mol. The van der Waals surface area contributed by atoms with Crippen molar-refractivity contribution in [1.29, 1.82) is 0 Å². The third-order valence-corrected chi connectivity index (χ3v) is 4.80. The summed E-state index contributed by atoms with van der Waals surface area (Å²) in [5.74, 6) is 0.682. The summed E-state index contributed by atoms with van der Waals surface area (Å²) in [7, 11) is 1.79. The Balaban J connectivity index is 2.04. The van der Waals surface area contributed by atoms with Crippen LogP contribution in [0, 0.1) is 6.92 Å². The van der Waals surface area contributed by atoms with Gasteiger partial charge in [0.25, 0.3) is 5.56 Å². The molecule has 0 saturated heterocycles. The number of aromatic nitrogens is 4. The molecular weight excluding hydrogens is 310 g/mol. The van der Waals surface area contributed by atoms with Crippen LogP contribution in [0.25, 0.3) is 26.1 Å². The van der Waals surface area contributed by atoms with Crippen LogP contribution in [0.2, 0.25) is 0 Å². The van der Waals surface area contributed by atoms with Crippen molar-refractivity contribution >= 4 is 37.6 Å². The molecule has 0 radical (unpaired) electrons. The lowest BCUT2D eigenvalue weighted by Crippen LogP contribution is -2.17. The fraction of sp³-hybridized carbons (Fsp3) is 0.125. The minimum Gasteiger partial charge on any atom is -0.372 e. The number of anilines is 1. The quantitative estimate of drug-likeness (QED) is 0.614. The summed E-state index contributed by atoms with van der Waals surface area (Å²) >= 11 is 1.34. The van der Waals surface area contributed by atoms with Crippen LogP contribution in [0.1, 0.15) is 5.56 Å². The first-order valence-corrected chi connectivity index (χ1v) is 7.90. The van der Waals surface area contributed by atoms with Gasteiger partial charge >= 0.3 is 0 Å². The van der Waals surface area contributed by atoms with Crippen LogP contribution in [-0.4, -0.2) is 26.6 Å². The summed E-state index contributed by atoms with van der Waals surface area (Å²) in [5.41, 5.74) is 2.49. The molecule has 0 spiro atoms. The molecule has 0 amide bonds. The molecule has 3 heterocycles. The highest BCUT2D eigenvalue weighted by molar-refractivity contribution is 7.25. The van der Waals surface area contributed by atoms with Gasteiger partial charge in [0, 0.05) is 7.05 Å². The van der Waals surface area contributed by atoms with E-state index < -0.39 is 0 Å². The van der Waals surface area contributed by atoms with E-state index in [0.29, 0.717) is 16.0 Å². The van der Waals surface area contributed by atoms with Crippen LogP contribution in [0.3, 0.4) is 0 Å². The Labute approximate surface area is 135 Å². The number of rotatable bonds is 2. The monoisotopic (exact) mass is 323 g/mol. The molecule has 0 aliphatic heterocycles. The van der Waals surface area contributed by atoms with Crippen molar-refractivity contribution in [3.8, 4) is 5.69 Å². The highest BCUT2D eigenvalue weighted by Crippen LogP contribution is 2.32. The Bertz CT molecular complexity index is 1080. The van der Waals surface area contributed by atoms with Crippen molar-refractivity contribution in [3.63, 3.8) is 0 Å². The number of fused-ring (bicyclic) bond motifs is 3. The highest BCUT2D eigenvalue weighted by Gasteiger charge is 2.16. The molecule has 0 aliphatic carbocycles. The molecule has 0 aliphatic rings. The van der Waals surface area contributed by atoms with Crippen molar-refractivity contribution in [2.24, 2.45) is 0 Å². The van der Waals surface area contributed by atoms with E-state index in [1.165, 1.54) is 17.7 Å². The molecule has 0 saturated carbocycles. The molecule has 114 valence electrons. The van der Waals surface area contributed by atoms with Gasteiger partial charge in [-0.15, -0.1) is 11.3 Å². The number of benzene rings is 1. The van der Waals surface area contributed by atoms with Gasteiger partial charge in [0.1, 0.15) is 33.5 Å². The first-order chi connectivity index (χ1) is 11.2. The van der Waals surface area contributed by atoms with E-state index in [9.17, 15) is 4.79 Å². The molecule has 0 fully saturated rings. The second-order valence-corrected chi connectivity index (χ2v) is 6.19. The van der Waals surface area contributed by atoms with E-state index >= 15 is 0 Å². The number of hydrogen-bond acceptors (Lipinski definition) is 6. The van der Waals surface area contributed by atoms with Crippen LogP contribution in [-0.2, 0) is 0 Å². The average molecular weight is 323 g/mol. The van der Waals surface area contributed by atoms with Crippen LogP contribution in [0.15, 0.2) is 41.7 Å². The SMILES string of the molecule is CNc1ncnc2sc3c(=O)n(-c4ccc(C)cc4)cnc3c12. The smallest absolute Gasteiger partial charge is 0.275 e. The topological polar surface area (TPSA) is 72.7 Å². The maximum absolute atomic E-state index is 12.8. The first-order valence-electron chi connectivity index (χ1n) is 7.08. The minimum atomic E-state index is -0.0936. The molecule has 23 heavy (non-hydrogen) atoms. The zero-order valence-corrected chi connectivity index (χ0v) is 13.4. The van der Waals surface area contributed by atoms with Crippen LogP contribution in [0.4, 0.5) is 5.82 Å². The van der Waals surface area contributed by atoms with Gasteiger partial charge < -0.3 is 5.32 Å². The first kappa shape index (κ1) is 13.8. The Kier molecular flexibility index (Phi) is 3.09. The Morgan fingerprint density at radius 3 is 2.65 bits per heavy atom. The maximum Gasteiger partial charge on any atom is 0.275 e. The number of hydrogen-bond donors (Lipinski definition) is 1. The lowest BCUT2D eigenvalue weighted by Gasteiger charge is -2.05. The van der Waals surface area contributed by atoms with Gasteiger partial charge in [-0.2, -0.15) is 0 Å². The molecule has 0 bridgehead atoms. The molecule has 7 heteroatoms. The summed E-state index contributed by atoms with van der Waals surface area (Å²) in [5, 5.41) is 3.82. The van der Waals surface area contributed by atoms with Gasteiger partial charge in [-0.3, -0.25) is 9.36 Å². The molecule has 3 aromatic heterocycles. The highest BCUT2D eigenvalue weighted by atomic mass is 32.1. The van der Waals surface area contributed by atoms with Crippen molar-refractivity contribution in [1.82, 2.24) is 19.5 Å².